The van der Waals surface area contributed by atoms with Crippen LogP contribution in [0.5, 0.6) is 0 Å². The molecule has 37 heavy (non-hydrogen) atoms. The Morgan fingerprint density at radius 3 is 2.14 bits per heavy atom. The number of aryl methyl sites for hydroxylation is 2. The molecule has 200 valence electrons. The molecule has 1 heterocycles. The van der Waals surface area contributed by atoms with E-state index < -0.39 is 0 Å². The molecule has 0 radical (unpaired) electrons. The van der Waals surface area contributed by atoms with Gasteiger partial charge in [0.15, 0.2) is 5.82 Å². The molecule has 0 aliphatic heterocycles. The number of nitrogens with one attached hydrogen (secondary N) is 2. The van der Waals surface area contributed by atoms with E-state index in [1.54, 1.807) is 6.92 Å². The summed E-state index contributed by atoms with van der Waals surface area (Å²) < 4.78 is 10.9. The Labute approximate surface area is 220 Å². The minimum absolute atomic E-state index is 0. The maximum Gasteiger partial charge on any atom is 0.251 e. The summed E-state index contributed by atoms with van der Waals surface area (Å²) in [4.78, 5) is 24.2. The van der Waals surface area contributed by atoms with E-state index in [4.69, 9.17) is 9.47 Å². The third kappa shape index (κ3) is 10.0. The fourth-order valence-electron chi connectivity index (χ4n) is 3.39. The Kier molecular flexibility index (Phi) is 11.6. The number of ether oxygens (including phenoxy) is 2. The summed E-state index contributed by atoms with van der Waals surface area (Å²) in [5, 5.41) is 21.6. The molecule has 0 spiro atoms. The number of aromatic nitrogens is 4. The molecule has 3 rings (SSSR count). The fourth-order valence-corrected chi connectivity index (χ4v) is 3.39. The van der Waals surface area contributed by atoms with Gasteiger partial charge in [-0.3, -0.25) is 9.59 Å². The van der Waals surface area contributed by atoms with Crippen LogP contribution in [0.1, 0.15) is 49.9 Å². The van der Waals surface area contributed by atoms with Crippen LogP contribution in [-0.2, 0) is 27.2 Å². The summed E-state index contributed by atoms with van der Waals surface area (Å²) in [6, 6.07) is 15.2. The van der Waals surface area contributed by atoms with Gasteiger partial charge in [0.05, 0.1) is 26.4 Å². The zero-order valence-electron chi connectivity index (χ0n) is 21.4. The standard InChI is InChI=1S/C27H34N6O4.2H2/c1-3-4-21-5-11-24(12-6-21)27(35)28-14-16-37-18-17-36-15-13-25(34)29-19-22-7-9-23(10-8-22)26-32-30-20(2)31-33-26;;/h5-12H,3-4,13-19H2,1-2H3,(H,28,35)(H,29,34);2*1H. The van der Waals surface area contributed by atoms with Crippen LogP contribution in [0.2, 0.25) is 0 Å². The van der Waals surface area contributed by atoms with E-state index in [1.165, 1.54) is 5.56 Å². The third-order valence-corrected chi connectivity index (χ3v) is 5.41. The van der Waals surface area contributed by atoms with Crippen molar-refractivity contribution in [2.24, 2.45) is 0 Å². The van der Waals surface area contributed by atoms with Gasteiger partial charge < -0.3 is 20.1 Å². The quantitative estimate of drug-likeness (QED) is 0.298. The van der Waals surface area contributed by atoms with Gasteiger partial charge in [-0.25, -0.2) is 0 Å². The molecule has 0 aliphatic rings. The molecule has 0 fully saturated rings. The van der Waals surface area contributed by atoms with Crippen molar-refractivity contribution >= 4 is 11.8 Å². The Hall–Kier alpha value is -3.76. The minimum Gasteiger partial charge on any atom is -0.379 e. The highest BCUT2D eigenvalue weighted by atomic mass is 16.5. The van der Waals surface area contributed by atoms with Crippen LogP contribution < -0.4 is 10.6 Å². The average Bonchev–Trinajstić information content (AvgIpc) is 2.92. The Balaban J connectivity index is 0.00000380. The van der Waals surface area contributed by atoms with Crippen molar-refractivity contribution in [1.82, 2.24) is 31.0 Å². The molecule has 10 nitrogen and oxygen atoms in total. The van der Waals surface area contributed by atoms with Crippen LogP contribution in [0, 0.1) is 6.92 Å². The second-order valence-corrected chi connectivity index (χ2v) is 8.42. The molecule has 3 aromatic rings. The predicted octanol–water partition coefficient (Wildman–Crippen LogP) is 3.16. The van der Waals surface area contributed by atoms with Crippen LogP contribution in [-0.4, -0.2) is 65.2 Å². The van der Waals surface area contributed by atoms with Crippen molar-refractivity contribution < 1.29 is 21.9 Å². The van der Waals surface area contributed by atoms with Gasteiger partial charge in [-0.1, -0.05) is 49.7 Å². The number of hydrogen-bond donors (Lipinski definition) is 2. The summed E-state index contributed by atoms with van der Waals surface area (Å²) in [5.74, 6) is 0.773. The second kappa shape index (κ2) is 15.4. The fraction of sp³-hybridized carbons (Fsp3) is 0.407. The lowest BCUT2D eigenvalue weighted by Gasteiger charge is -2.08. The van der Waals surface area contributed by atoms with E-state index in [1.807, 2.05) is 48.5 Å². The van der Waals surface area contributed by atoms with Crippen LogP contribution in [0.15, 0.2) is 48.5 Å². The van der Waals surface area contributed by atoms with Gasteiger partial charge in [0.1, 0.15) is 0 Å². The Bertz CT molecular complexity index is 1120. The Morgan fingerprint density at radius 2 is 1.46 bits per heavy atom. The first kappa shape index (κ1) is 27.8. The van der Waals surface area contributed by atoms with Crippen molar-refractivity contribution in [3.8, 4) is 11.4 Å². The highest BCUT2D eigenvalue weighted by Gasteiger charge is 2.06. The molecule has 2 aromatic carbocycles. The van der Waals surface area contributed by atoms with E-state index in [0.29, 0.717) is 56.7 Å². The van der Waals surface area contributed by atoms with Crippen LogP contribution in [0.4, 0.5) is 0 Å². The molecule has 0 bridgehead atoms. The molecular formula is C27H38N6O4. The SMILES string of the molecule is CCCc1ccc(C(=O)NCCOCCOCCC(=O)NCc2ccc(-c3nnc(C)nn3)cc2)cc1.[HH].[HH]. The smallest absolute Gasteiger partial charge is 0.251 e. The number of rotatable bonds is 15. The zero-order valence-corrected chi connectivity index (χ0v) is 21.4. The normalized spacial score (nSPS) is 10.8. The number of carbonyl (C=O) groups excluding carboxylic acids is 2. The summed E-state index contributed by atoms with van der Waals surface area (Å²) in [7, 11) is 0. The van der Waals surface area contributed by atoms with E-state index in [-0.39, 0.29) is 21.1 Å². The largest absolute Gasteiger partial charge is 0.379 e. The first-order chi connectivity index (χ1) is 18.0. The van der Waals surface area contributed by atoms with Crippen molar-refractivity contribution in [2.75, 3.05) is 33.0 Å². The van der Waals surface area contributed by atoms with Crippen molar-refractivity contribution in [2.45, 2.75) is 39.7 Å². The molecule has 0 aliphatic carbocycles. The molecule has 1 aromatic heterocycles. The van der Waals surface area contributed by atoms with Crippen LogP contribution in [0.25, 0.3) is 11.4 Å². The number of hydrogen-bond acceptors (Lipinski definition) is 8. The van der Waals surface area contributed by atoms with Crippen molar-refractivity contribution in [3.05, 3.63) is 71.0 Å². The van der Waals surface area contributed by atoms with Gasteiger partial charge >= 0.3 is 0 Å². The Morgan fingerprint density at radius 1 is 0.811 bits per heavy atom. The van der Waals surface area contributed by atoms with E-state index in [2.05, 4.69) is 38.0 Å². The van der Waals surface area contributed by atoms with Gasteiger partial charge in [0.25, 0.3) is 5.91 Å². The predicted molar refractivity (Wildman–Crippen MR) is 143 cm³/mol. The third-order valence-electron chi connectivity index (χ3n) is 5.41. The van der Waals surface area contributed by atoms with Gasteiger partial charge in [-0.05, 0) is 36.6 Å². The maximum absolute atomic E-state index is 12.1. The lowest BCUT2D eigenvalue weighted by molar-refractivity contribution is -0.122. The lowest BCUT2D eigenvalue weighted by Crippen LogP contribution is -2.27. The minimum atomic E-state index is -0.111. The van der Waals surface area contributed by atoms with Gasteiger partial charge in [-0.15, -0.1) is 20.4 Å². The van der Waals surface area contributed by atoms with E-state index in [0.717, 1.165) is 24.0 Å². The maximum atomic E-state index is 12.1. The second-order valence-electron chi connectivity index (χ2n) is 8.42. The molecule has 0 saturated carbocycles. The summed E-state index contributed by atoms with van der Waals surface area (Å²) in [6.07, 6.45) is 2.36. The first-order valence-electron chi connectivity index (χ1n) is 12.5. The molecular weight excluding hydrogens is 472 g/mol. The lowest BCUT2D eigenvalue weighted by atomic mass is 10.1. The number of nitrogens with zero attached hydrogens (tertiary/aromatic N) is 4. The highest BCUT2D eigenvalue weighted by Crippen LogP contribution is 2.14. The molecule has 0 unspecified atom stereocenters. The molecule has 2 N–H and O–H groups in total. The summed E-state index contributed by atoms with van der Waals surface area (Å²) >= 11 is 0. The molecule has 2 amide bonds. The van der Waals surface area contributed by atoms with Gasteiger partial charge in [0, 0.05) is 33.5 Å². The molecule has 0 atom stereocenters. The zero-order chi connectivity index (χ0) is 26.3. The highest BCUT2D eigenvalue weighted by molar-refractivity contribution is 5.94. The van der Waals surface area contributed by atoms with E-state index in [9.17, 15) is 9.59 Å². The summed E-state index contributed by atoms with van der Waals surface area (Å²) in [6.45, 7) is 6.18. The van der Waals surface area contributed by atoms with Crippen molar-refractivity contribution in [1.29, 1.82) is 0 Å². The molecule has 0 saturated heterocycles. The van der Waals surface area contributed by atoms with Crippen molar-refractivity contribution in [3.63, 3.8) is 0 Å². The monoisotopic (exact) mass is 510 g/mol. The first-order valence-corrected chi connectivity index (χ1v) is 12.5. The van der Waals surface area contributed by atoms with Gasteiger partial charge in [-0.2, -0.15) is 0 Å². The number of benzene rings is 2. The topological polar surface area (TPSA) is 128 Å². The van der Waals surface area contributed by atoms with Gasteiger partial charge in [0.2, 0.25) is 11.7 Å². The molecule has 10 heteroatoms. The van der Waals surface area contributed by atoms with E-state index >= 15 is 0 Å². The van der Waals surface area contributed by atoms with Crippen LogP contribution >= 0.6 is 0 Å². The number of amides is 2. The average molecular weight is 511 g/mol. The van der Waals surface area contributed by atoms with Crippen LogP contribution in [0.3, 0.4) is 0 Å². The summed E-state index contributed by atoms with van der Waals surface area (Å²) in [5.41, 5.74) is 3.64. The number of carbonyl (C=O) groups is 2.